The molecular formula is C20H24N2O5. The van der Waals surface area contributed by atoms with Crippen molar-refractivity contribution in [3.05, 3.63) is 57.5 Å². The van der Waals surface area contributed by atoms with Crippen LogP contribution < -0.4 is 15.7 Å². The number of aromatic nitrogens is 1. The van der Waals surface area contributed by atoms with Gasteiger partial charge in [-0.2, -0.15) is 0 Å². The second kappa shape index (κ2) is 7.65. The van der Waals surface area contributed by atoms with Gasteiger partial charge in [0.05, 0.1) is 0 Å². The molecule has 0 spiro atoms. The summed E-state index contributed by atoms with van der Waals surface area (Å²) in [6, 6.07) is 8.66. The molecule has 1 amide bonds. The van der Waals surface area contributed by atoms with Gasteiger partial charge in [0, 0.05) is 11.8 Å². The fourth-order valence-electron chi connectivity index (χ4n) is 2.54. The van der Waals surface area contributed by atoms with Gasteiger partial charge in [-0.25, -0.2) is 4.68 Å². The summed E-state index contributed by atoms with van der Waals surface area (Å²) in [7, 11) is 0. The first kappa shape index (κ1) is 20.2. The number of nitrogens with zero attached hydrogens (tertiary/aromatic N) is 1. The van der Waals surface area contributed by atoms with Gasteiger partial charge in [0.25, 0.3) is 11.5 Å². The average Bonchev–Trinajstić information content (AvgIpc) is 2.55. The number of hydrogen-bond donors (Lipinski definition) is 2. The molecule has 144 valence electrons. The third kappa shape index (κ3) is 4.75. The normalized spacial score (nSPS) is 11.1. The fourth-order valence-corrected chi connectivity index (χ4v) is 2.54. The van der Waals surface area contributed by atoms with Gasteiger partial charge in [-0.05, 0) is 37.0 Å². The van der Waals surface area contributed by atoms with E-state index in [9.17, 15) is 19.5 Å². The monoisotopic (exact) mass is 372 g/mol. The SMILES string of the molecule is CC(=O)c1c(O)cc(C)n(NC(=O)COc2ccc(C(C)(C)C)cc2)c1=O. The number of rotatable bonds is 5. The zero-order chi connectivity index (χ0) is 20.4. The van der Waals surface area contributed by atoms with Gasteiger partial charge in [0.15, 0.2) is 12.4 Å². The minimum atomic E-state index is -0.789. The molecule has 0 aliphatic heterocycles. The second-order valence-electron chi connectivity index (χ2n) is 7.34. The molecule has 1 aromatic heterocycles. The van der Waals surface area contributed by atoms with Gasteiger partial charge in [-0.1, -0.05) is 32.9 Å². The van der Waals surface area contributed by atoms with Gasteiger partial charge in [-0.3, -0.25) is 19.8 Å². The highest BCUT2D eigenvalue weighted by Gasteiger charge is 2.18. The molecule has 1 aromatic carbocycles. The Morgan fingerprint density at radius 3 is 2.30 bits per heavy atom. The predicted molar refractivity (Wildman–Crippen MR) is 102 cm³/mol. The number of Topliss-reactive ketones (excluding diaryl/α,β-unsaturated/α-hetero) is 1. The summed E-state index contributed by atoms with van der Waals surface area (Å²) in [4.78, 5) is 36.0. The zero-order valence-electron chi connectivity index (χ0n) is 16.1. The molecule has 1 heterocycles. The maximum Gasteiger partial charge on any atom is 0.284 e. The number of pyridine rings is 1. The highest BCUT2D eigenvalue weighted by atomic mass is 16.5. The number of nitrogens with one attached hydrogen (secondary N) is 1. The molecule has 7 heteroatoms. The summed E-state index contributed by atoms with van der Waals surface area (Å²) >= 11 is 0. The van der Waals surface area contributed by atoms with Gasteiger partial charge in [0.1, 0.15) is 17.1 Å². The summed E-state index contributed by atoms with van der Waals surface area (Å²) < 4.78 is 6.37. The Hall–Kier alpha value is -3.09. The van der Waals surface area contributed by atoms with Crippen molar-refractivity contribution in [2.24, 2.45) is 0 Å². The van der Waals surface area contributed by atoms with Crippen LogP contribution in [0.4, 0.5) is 0 Å². The van der Waals surface area contributed by atoms with Crippen molar-refractivity contribution in [2.45, 2.75) is 40.0 Å². The van der Waals surface area contributed by atoms with Crippen LogP contribution in [-0.4, -0.2) is 28.1 Å². The lowest BCUT2D eigenvalue weighted by Gasteiger charge is -2.19. The fraction of sp³-hybridized carbons (Fsp3) is 0.350. The second-order valence-corrected chi connectivity index (χ2v) is 7.34. The van der Waals surface area contributed by atoms with Crippen molar-refractivity contribution in [2.75, 3.05) is 12.0 Å². The van der Waals surface area contributed by atoms with Crippen LogP contribution in [0, 0.1) is 6.92 Å². The van der Waals surface area contributed by atoms with Crippen LogP contribution in [0.1, 0.15) is 49.3 Å². The summed E-state index contributed by atoms with van der Waals surface area (Å²) in [5.41, 5.74) is 2.66. The van der Waals surface area contributed by atoms with Crippen LogP contribution in [0.15, 0.2) is 35.1 Å². The summed E-state index contributed by atoms with van der Waals surface area (Å²) in [5, 5.41) is 9.76. The van der Waals surface area contributed by atoms with Crippen LogP contribution in [0.25, 0.3) is 0 Å². The molecule has 0 aliphatic carbocycles. The van der Waals surface area contributed by atoms with E-state index in [2.05, 4.69) is 26.2 Å². The first-order valence-corrected chi connectivity index (χ1v) is 8.50. The van der Waals surface area contributed by atoms with E-state index >= 15 is 0 Å². The molecule has 2 rings (SSSR count). The minimum absolute atomic E-state index is 0.0158. The molecule has 7 nitrogen and oxygen atoms in total. The molecule has 0 atom stereocenters. The summed E-state index contributed by atoms with van der Waals surface area (Å²) in [6.07, 6.45) is 0. The quantitative estimate of drug-likeness (QED) is 0.786. The van der Waals surface area contributed by atoms with E-state index in [-0.39, 0.29) is 23.3 Å². The van der Waals surface area contributed by atoms with Gasteiger partial charge in [0.2, 0.25) is 0 Å². The highest BCUT2D eigenvalue weighted by Crippen LogP contribution is 2.24. The van der Waals surface area contributed by atoms with Crippen molar-refractivity contribution in [3.8, 4) is 11.5 Å². The number of benzene rings is 1. The molecule has 2 aromatic rings. The molecule has 0 saturated carbocycles. The third-order valence-electron chi connectivity index (χ3n) is 4.05. The minimum Gasteiger partial charge on any atom is -0.507 e. The number of aromatic hydroxyl groups is 1. The van der Waals surface area contributed by atoms with E-state index in [1.54, 1.807) is 12.1 Å². The molecule has 27 heavy (non-hydrogen) atoms. The Labute approximate surface area is 157 Å². The van der Waals surface area contributed by atoms with Crippen molar-refractivity contribution in [1.29, 1.82) is 0 Å². The smallest absolute Gasteiger partial charge is 0.284 e. The Balaban J connectivity index is 2.10. The maximum atomic E-state index is 12.3. The van der Waals surface area contributed by atoms with E-state index in [1.807, 2.05) is 12.1 Å². The first-order valence-electron chi connectivity index (χ1n) is 8.50. The van der Waals surface area contributed by atoms with Crippen molar-refractivity contribution < 1.29 is 19.4 Å². The molecule has 0 unspecified atom stereocenters. The number of amides is 1. The summed E-state index contributed by atoms with van der Waals surface area (Å²) in [6.45, 7) is 8.69. The zero-order valence-corrected chi connectivity index (χ0v) is 16.1. The third-order valence-corrected chi connectivity index (χ3v) is 4.05. The number of carbonyl (C=O) groups is 2. The van der Waals surface area contributed by atoms with Crippen molar-refractivity contribution in [3.63, 3.8) is 0 Å². The lowest BCUT2D eigenvalue weighted by molar-refractivity contribution is -0.119. The molecule has 0 saturated heterocycles. The summed E-state index contributed by atoms with van der Waals surface area (Å²) in [5.74, 6) is -1.04. The van der Waals surface area contributed by atoms with Crippen LogP contribution in [-0.2, 0) is 10.2 Å². The molecule has 0 aliphatic rings. The van der Waals surface area contributed by atoms with Crippen LogP contribution in [0.2, 0.25) is 0 Å². The number of ether oxygens (including phenoxy) is 1. The van der Waals surface area contributed by atoms with Crippen LogP contribution in [0.5, 0.6) is 11.5 Å². The molecule has 2 N–H and O–H groups in total. The van der Waals surface area contributed by atoms with Crippen LogP contribution in [0.3, 0.4) is 0 Å². The van der Waals surface area contributed by atoms with Gasteiger partial charge in [-0.15, -0.1) is 0 Å². The Kier molecular flexibility index (Phi) is 5.73. The van der Waals surface area contributed by atoms with E-state index < -0.39 is 23.0 Å². The molecular weight excluding hydrogens is 348 g/mol. The number of ketones is 1. The van der Waals surface area contributed by atoms with Crippen molar-refractivity contribution >= 4 is 11.7 Å². The molecule has 0 bridgehead atoms. The molecule has 0 fully saturated rings. The Bertz CT molecular complexity index is 921. The predicted octanol–water partition coefficient (Wildman–Crippen LogP) is 2.51. The maximum absolute atomic E-state index is 12.3. The van der Waals surface area contributed by atoms with E-state index in [0.29, 0.717) is 5.75 Å². The lowest BCUT2D eigenvalue weighted by atomic mass is 9.87. The van der Waals surface area contributed by atoms with Crippen molar-refractivity contribution in [1.82, 2.24) is 4.68 Å². The first-order chi connectivity index (χ1) is 12.5. The lowest BCUT2D eigenvalue weighted by Crippen LogP contribution is -2.38. The van der Waals surface area contributed by atoms with Crippen LogP contribution >= 0.6 is 0 Å². The number of carbonyl (C=O) groups excluding carboxylic acids is 2. The average molecular weight is 372 g/mol. The van der Waals surface area contributed by atoms with E-state index in [0.717, 1.165) is 10.2 Å². The van der Waals surface area contributed by atoms with Gasteiger partial charge < -0.3 is 9.84 Å². The Morgan fingerprint density at radius 2 is 1.78 bits per heavy atom. The number of hydrogen-bond acceptors (Lipinski definition) is 5. The highest BCUT2D eigenvalue weighted by molar-refractivity contribution is 5.96. The van der Waals surface area contributed by atoms with E-state index in [4.69, 9.17) is 4.74 Å². The molecule has 0 radical (unpaired) electrons. The number of aryl methyl sites for hydroxylation is 1. The topological polar surface area (TPSA) is 97.6 Å². The largest absolute Gasteiger partial charge is 0.507 e. The van der Waals surface area contributed by atoms with Gasteiger partial charge >= 0.3 is 0 Å². The van der Waals surface area contributed by atoms with E-state index in [1.165, 1.54) is 19.9 Å². The Morgan fingerprint density at radius 1 is 1.19 bits per heavy atom. The standard InChI is InChI=1S/C20H24N2O5/c1-12-10-16(24)18(13(2)23)19(26)22(12)21-17(25)11-27-15-8-6-14(7-9-15)20(3,4)5/h6-10,24H,11H2,1-5H3,(H,21,25).